The largest absolute Gasteiger partial charge is 0.506 e. The number of pyridine rings is 1. The Balaban J connectivity index is 1.96. The molecular formula is C19H23FN4O2. The van der Waals surface area contributed by atoms with E-state index in [9.17, 15) is 14.3 Å². The Kier molecular flexibility index (Phi) is 6.30. The van der Waals surface area contributed by atoms with Crippen molar-refractivity contribution >= 4 is 17.4 Å². The zero-order valence-corrected chi connectivity index (χ0v) is 14.8. The van der Waals surface area contributed by atoms with E-state index >= 15 is 0 Å². The van der Waals surface area contributed by atoms with Gasteiger partial charge in [-0.05, 0) is 43.7 Å². The van der Waals surface area contributed by atoms with Crippen LogP contribution >= 0.6 is 0 Å². The van der Waals surface area contributed by atoms with Crippen LogP contribution in [0.3, 0.4) is 0 Å². The molecule has 138 valence electrons. The highest BCUT2D eigenvalue weighted by molar-refractivity contribution is 5.99. The number of carbonyl (C=O) groups is 1. The summed E-state index contributed by atoms with van der Waals surface area (Å²) in [6.07, 6.45) is 2.88. The highest BCUT2D eigenvalue weighted by Gasteiger charge is 2.15. The van der Waals surface area contributed by atoms with E-state index in [1.165, 1.54) is 23.1 Å². The van der Waals surface area contributed by atoms with Gasteiger partial charge in [0.1, 0.15) is 17.3 Å². The molecule has 2 rings (SSSR count). The number of nitrogen functional groups attached to an aromatic ring is 1. The number of aromatic nitrogens is 1. The zero-order chi connectivity index (χ0) is 19.3. The summed E-state index contributed by atoms with van der Waals surface area (Å²) in [5, 5.41) is 10.0. The number of benzene rings is 1. The Morgan fingerprint density at radius 3 is 2.77 bits per heavy atom. The van der Waals surface area contributed by atoms with E-state index in [2.05, 4.69) is 4.98 Å². The van der Waals surface area contributed by atoms with Crippen LogP contribution in [0.2, 0.25) is 0 Å². The summed E-state index contributed by atoms with van der Waals surface area (Å²) in [7, 11) is 1.67. The molecule has 0 radical (unpaired) electrons. The van der Waals surface area contributed by atoms with Gasteiger partial charge in [0, 0.05) is 25.3 Å². The SMILES string of the molecule is Cc1ccc(N)c(C(=O)N(C)CCC(N)/C=C(\O)c2ccc(F)cn2)c1. The van der Waals surface area contributed by atoms with Gasteiger partial charge in [-0.3, -0.25) is 4.79 Å². The molecule has 2 aromatic rings. The summed E-state index contributed by atoms with van der Waals surface area (Å²) in [6, 6.07) is 7.38. The molecule has 0 aliphatic carbocycles. The molecule has 0 spiro atoms. The molecule has 6 nitrogen and oxygen atoms in total. The van der Waals surface area contributed by atoms with Crippen molar-refractivity contribution in [3.8, 4) is 0 Å². The van der Waals surface area contributed by atoms with Gasteiger partial charge in [0.05, 0.1) is 11.8 Å². The van der Waals surface area contributed by atoms with Crippen LogP contribution in [-0.4, -0.2) is 40.5 Å². The number of anilines is 1. The summed E-state index contributed by atoms with van der Waals surface area (Å²) in [5.74, 6) is -0.803. The van der Waals surface area contributed by atoms with Crippen LogP contribution in [0.5, 0.6) is 0 Å². The molecule has 1 unspecified atom stereocenters. The first kappa shape index (κ1) is 19.4. The molecule has 1 heterocycles. The predicted molar refractivity (Wildman–Crippen MR) is 99.9 cm³/mol. The van der Waals surface area contributed by atoms with Gasteiger partial charge in [-0.25, -0.2) is 9.37 Å². The first-order valence-electron chi connectivity index (χ1n) is 8.18. The topological polar surface area (TPSA) is 105 Å². The lowest BCUT2D eigenvalue weighted by Crippen LogP contribution is -2.32. The van der Waals surface area contributed by atoms with Crippen LogP contribution in [0.4, 0.5) is 10.1 Å². The number of hydrogen-bond acceptors (Lipinski definition) is 5. The minimum Gasteiger partial charge on any atom is -0.506 e. The second-order valence-electron chi connectivity index (χ2n) is 6.18. The Labute approximate surface area is 151 Å². The van der Waals surface area contributed by atoms with Crippen molar-refractivity contribution < 1.29 is 14.3 Å². The fraction of sp³-hybridized carbons (Fsp3) is 0.263. The summed E-state index contributed by atoms with van der Waals surface area (Å²) in [4.78, 5) is 17.8. The van der Waals surface area contributed by atoms with E-state index in [0.717, 1.165) is 11.8 Å². The standard InChI is InChI=1S/C19H23FN4O2/c1-12-3-5-16(22)15(9-12)19(26)24(2)8-7-14(21)10-18(25)17-6-4-13(20)11-23-17/h3-6,9-11,14,25H,7-8,21-22H2,1-2H3/b18-10-. The molecule has 7 heteroatoms. The maximum absolute atomic E-state index is 12.9. The van der Waals surface area contributed by atoms with E-state index in [4.69, 9.17) is 11.5 Å². The lowest BCUT2D eigenvalue weighted by Gasteiger charge is -2.20. The molecule has 1 aromatic carbocycles. The number of nitrogens with two attached hydrogens (primary N) is 2. The van der Waals surface area contributed by atoms with Gasteiger partial charge < -0.3 is 21.5 Å². The molecule has 0 fully saturated rings. The molecule has 0 bridgehead atoms. The highest BCUT2D eigenvalue weighted by atomic mass is 19.1. The number of hydrogen-bond donors (Lipinski definition) is 3. The van der Waals surface area contributed by atoms with Gasteiger partial charge in [-0.1, -0.05) is 11.6 Å². The average Bonchev–Trinajstić information content (AvgIpc) is 2.61. The number of aliphatic hydroxyl groups is 1. The van der Waals surface area contributed by atoms with E-state index in [0.29, 0.717) is 24.2 Å². The maximum Gasteiger partial charge on any atom is 0.255 e. The van der Waals surface area contributed by atoms with Gasteiger partial charge in [-0.2, -0.15) is 0 Å². The Hall–Kier alpha value is -2.93. The molecule has 1 atom stereocenters. The summed E-state index contributed by atoms with van der Waals surface area (Å²) in [5.41, 5.74) is 13.9. The molecule has 5 N–H and O–H groups in total. The number of rotatable bonds is 6. The van der Waals surface area contributed by atoms with Gasteiger partial charge in [0.25, 0.3) is 5.91 Å². The van der Waals surface area contributed by atoms with Crippen molar-refractivity contribution in [3.63, 3.8) is 0 Å². The third kappa shape index (κ3) is 5.03. The van der Waals surface area contributed by atoms with Crippen LogP contribution in [-0.2, 0) is 0 Å². The summed E-state index contributed by atoms with van der Waals surface area (Å²) < 4.78 is 12.9. The molecule has 1 amide bonds. The number of carbonyl (C=O) groups excluding carboxylic acids is 1. The third-order valence-corrected chi connectivity index (χ3v) is 3.95. The maximum atomic E-state index is 12.9. The van der Waals surface area contributed by atoms with Crippen molar-refractivity contribution in [1.82, 2.24) is 9.88 Å². The van der Waals surface area contributed by atoms with E-state index < -0.39 is 11.9 Å². The monoisotopic (exact) mass is 358 g/mol. The van der Waals surface area contributed by atoms with E-state index in [1.54, 1.807) is 19.2 Å². The first-order valence-corrected chi connectivity index (χ1v) is 8.18. The highest BCUT2D eigenvalue weighted by Crippen LogP contribution is 2.16. The Bertz CT molecular complexity index is 806. The average molecular weight is 358 g/mol. The lowest BCUT2D eigenvalue weighted by molar-refractivity contribution is 0.0793. The number of nitrogens with zero attached hydrogens (tertiary/aromatic N) is 2. The second kappa shape index (κ2) is 8.44. The molecular weight excluding hydrogens is 335 g/mol. The van der Waals surface area contributed by atoms with Crippen LogP contribution in [0.25, 0.3) is 5.76 Å². The predicted octanol–water partition coefficient (Wildman–Crippen LogP) is 2.50. The molecule has 26 heavy (non-hydrogen) atoms. The van der Waals surface area contributed by atoms with Crippen LogP contribution in [0.1, 0.15) is 28.0 Å². The van der Waals surface area contributed by atoms with E-state index in [-0.39, 0.29) is 17.4 Å². The Morgan fingerprint density at radius 2 is 2.12 bits per heavy atom. The normalized spacial score (nSPS) is 12.7. The molecule has 0 aliphatic heterocycles. The van der Waals surface area contributed by atoms with Crippen molar-refractivity contribution in [3.05, 3.63) is 65.2 Å². The van der Waals surface area contributed by atoms with Crippen molar-refractivity contribution in [1.29, 1.82) is 0 Å². The molecule has 0 aliphatic rings. The second-order valence-corrected chi connectivity index (χ2v) is 6.18. The van der Waals surface area contributed by atoms with Crippen molar-refractivity contribution in [2.75, 3.05) is 19.3 Å². The lowest BCUT2D eigenvalue weighted by atomic mass is 10.1. The fourth-order valence-electron chi connectivity index (χ4n) is 2.40. The number of aliphatic hydroxyl groups excluding tert-OH is 1. The van der Waals surface area contributed by atoms with Gasteiger partial charge in [-0.15, -0.1) is 0 Å². The Morgan fingerprint density at radius 1 is 1.38 bits per heavy atom. The summed E-state index contributed by atoms with van der Waals surface area (Å²) in [6.45, 7) is 2.27. The van der Waals surface area contributed by atoms with Crippen molar-refractivity contribution in [2.45, 2.75) is 19.4 Å². The number of halogens is 1. The van der Waals surface area contributed by atoms with Gasteiger partial charge >= 0.3 is 0 Å². The van der Waals surface area contributed by atoms with Crippen LogP contribution < -0.4 is 11.5 Å². The quantitative estimate of drug-likeness (QED) is 0.543. The van der Waals surface area contributed by atoms with Gasteiger partial charge in [0.15, 0.2) is 0 Å². The number of amides is 1. The van der Waals surface area contributed by atoms with Crippen LogP contribution in [0.15, 0.2) is 42.6 Å². The van der Waals surface area contributed by atoms with E-state index in [1.807, 2.05) is 13.0 Å². The first-order chi connectivity index (χ1) is 12.3. The molecule has 0 saturated carbocycles. The minimum atomic E-state index is -0.494. The molecule has 1 aromatic heterocycles. The number of aryl methyl sites for hydroxylation is 1. The summed E-state index contributed by atoms with van der Waals surface area (Å²) >= 11 is 0. The van der Waals surface area contributed by atoms with Crippen molar-refractivity contribution in [2.24, 2.45) is 5.73 Å². The minimum absolute atomic E-state index is 0.130. The van der Waals surface area contributed by atoms with Crippen LogP contribution in [0, 0.1) is 12.7 Å². The fourth-order valence-corrected chi connectivity index (χ4v) is 2.40. The van der Waals surface area contributed by atoms with Gasteiger partial charge in [0.2, 0.25) is 0 Å². The molecule has 0 saturated heterocycles. The zero-order valence-electron chi connectivity index (χ0n) is 14.8. The third-order valence-electron chi connectivity index (χ3n) is 3.95. The smallest absolute Gasteiger partial charge is 0.255 e.